The van der Waals surface area contributed by atoms with E-state index in [4.69, 9.17) is 33.4 Å². The van der Waals surface area contributed by atoms with Crippen molar-refractivity contribution in [2.75, 3.05) is 0 Å². The van der Waals surface area contributed by atoms with Gasteiger partial charge in [0.2, 0.25) is 0 Å². The van der Waals surface area contributed by atoms with Crippen molar-refractivity contribution >= 4 is 39.1 Å². The lowest BCUT2D eigenvalue weighted by Gasteiger charge is -2.11. The Morgan fingerprint density at radius 1 is 1.19 bits per heavy atom. The summed E-state index contributed by atoms with van der Waals surface area (Å²) in [5.74, 6) is 0.635. The van der Waals surface area contributed by atoms with E-state index in [0.717, 1.165) is 5.56 Å². The molecule has 2 aromatic rings. The van der Waals surface area contributed by atoms with Crippen molar-refractivity contribution < 1.29 is 4.42 Å². The minimum Gasteiger partial charge on any atom is -0.452 e. The molecule has 0 saturated carbocycles. The Morgan fingerprint density at radius 2 is 1.94 bits per heavy atom. The number of halogens is 3. The Bertz CT molecular complexity index is 512. The van der Waals surface area contributed by atoms with Gasteiger partial charge in [-0.3, -0.25) is 0 Å². The van der Waals surface area contributed by atoms with Crippen LogP contribution in [0.25, 0.3) is 0 Å². The minimum atomic E-state index is -0.419. The van der Waals surface area contributed by atoms with Crippen LogP contribution in [0.5, 0.6) is 0 Å². The summed E-state index contributed by atoms with van der Waals surface area (Å²) in [5, 5.41) is 1.17. The van der Waals surface area contributed by atoms with Crippen LogP contribution in [0.15, 0.2) is 39.4 Å². The van der Waals surface area contributed by atoms with Crippen LogP contribution in [0.1, 0.15) is 17.4 Å². The molecule has 0 fully saturated rings. The predicted octanol–water partition coefficient (Wildman–Crippen LogP) is 4.40. The van der Waals surface area contributed by atoms with Crippen LogP contribution in [-0.2, 0) is 0 Å². The first-order valence-corrected chi connectivity index (χ1v) is 6.08. The van der Waals surface area contributed by atoms with Crippen molar-refractivity contribution in [3.8, 4) is 0 Å². The summed E-state index contributed by atoms with van der Waals surface area (Å²) in [7, 11) is 0. The number of hydrogen-bond acceptors (Lipinski definition) is 2. The second kappa shape index (κ2) is 4.80. The summed E-state index contributed by atoms with van der Waals surface area (Å²) in [6.45, 7) is 0. The average Bonchev–Trinajstić information content (AvgIpc) is 2.67. The van der Waals surface area contributed by atoms with Gasteiger partial charge < -0.3 is 10.2 Å². The molecule has 84 valence electrons. The van der Waals surface area contributed by atoms with Crippen LogP contribution < -0.4 is 5.73 Å². The fraction of sp³-hybridized carbons (Fsp3) is 0.0909. The standard InChI is InChI=1S/C11H8BrCl2NO/c12-10-4-3-9(16-10)11(15)7-5-6(13)1-2-8(7)14/h1-5,11H,15H2. The van der Waals surface area contributed by atoms with Gasteiger partial charge in [-0.1, -0.05) is 23.2 Å². The van der Waals surface area contributed by atoms with Crippen LogP contribution in [-0.4, -0.2) is 0 Å². The van der Waals surface area contributed by atoms with Crippen LogP contribution in [0.4, 0.5) is 0 Å². The van der Waals surface area contributed by atoms with E-state index in [1.807, 2.05) is 0 Å². The first-order chi connectivity index (χ1) is 7.58. The Labute approximate surface area is 111 Å². The van der Waals surface area contributed by atoms with E-state index in [-0.39, 0.29) is 0 Å². The van der Waals surface area contributed by atoms with Gasteiger partial charge in [0.05, 0.1) is 6.04 Å². The van der Waals surface area contributed by atoms with Gasteiger partial charge in [-0.05, 0) is 51.8 Å². The molecule has 2 nitrogen and oxygen atoms in total. The maximum absolute atomic E-state index is 6.06. The highest BCUT2D eigenvalue weighted by Gasteiger charge is 2.16. The van der Waals surface area contributed by atoms with Gasteiger partial charge in [0.1, 0.15) is 5.76 Å². The minimum absolute atomic E-state index is 0.419. The summed E-state index contributed by atoms with van der Waals surface area (Å²) < 4.78 is 6.02. The zero-order chi connectivity index (χ0) is 11.7. The zero-order valence-electron chi connectivity index (χ0n) is 8.08. The van der Waals surface area contributed by atoms with E-state index in [0.29, 0.717) is 20.5 Å². The number of hydrogen-bond donors (Lipinski definition) is 1. The van der Waals surface area contributed by atoms with Crippen LogP contribution >= 0.6 is 39.1 Å². The van der Waals surface area contributed by atoms with Gasteiger partial charge in [-0.15, -0.1) is 0 Å². The third-order valence-corrected chi connectivity index (χ3v) is 3.20. The molecule has 1 heterocycles. The van der Waals surface area contributed by atoms with Gasteiger partial charge in [-0.2, -0.15) is 0 Å². The summed E-state index contributed by atoms with van der Waals surface area (Å²) in [5.41, 5.74) is 6.79. The largest absolute Gasteiger partial charge is 0.452 e. The van der Waals surface area contributed by atoms with Crippen LogP contribution in [0, 0.1) is 0 Å². The molecule has 2 N–H and O–H groups in total. The van der Waals surface area contributed by atoms with Crippen molar-refractivity contribution in [3.63, 3.8) is 0 Å². The topological polar surface area (TPSA) is 39.2 Å². The molecule has 16 heavy (non-hydrogen) atoms. The summed E-state index contributed by atoms with van der Waals surface area (Å²) in [6, 6.07) is 8.34. The second-order valence-corrected chi connectivity index (χ2v) is 4.91. The molecule has 0 bridgehead atoms. The van der Waals surface area contributed by atoms with Gasteiger partial charge in [0.15, 0.2) is 4.67 Å². The van der Waals surface area contributed by atoms with E-state index in [1.54, 1.807) is 30.3 Å². The highest BCUT2D eigenvalue weighted by molar-refractivity contribution is 9.10. The van der Waals surface area contributed by atoms with E-state index >= 15 is 0 Å². The van der Waals surface area contributed by atoms with Crippen LogP contribution in [0.3, 0.4) is 0 Å². The molecule has 0 radical (unpaired) electrons. The lowest BCUT2D eigenvalue weighted by atomic mass is 10.1. The third kappa shape index (κ3) is 2.43. The first kappa shape index (κ1) is 12.0. The van der Waals surface area contributed by atoms with E-state index < -0.39 is 6.04 Å². The van der Waals surface area contributed by atoms with Crippen molar-refractivity contribution in [2.24, 2.45) is 5.73 Å². The summed E-state index contributed by atoms with van der Waals surface area (Å²) >= 11 is 15.2. The first-order valence-electron chi connectivity index (χ1n) is 4.53. The summed E-state index contributed by atoms with van der Waals surface area (Å²) in [4.78, 5) is 0. The van der Waals surface area contributed by atoms with E-state index in [1.165, 1.54) is 0 Å². The van der Waals surface area contributed by atoms with E-state index in [2.05, 4.69) is 15.9 Å². The maximum atomic E-state index is 6.06. The van der Waals surface area contributed by atoms with Crippen molar-refractivity contribution in [3.05, 3.63) is 56.4 Å². The van der Waals surface area contributed by atoms with Crippen molar-refractivity contribution in [1.29, 1.82) is 0 Å². The van der Waals surface area contributed by atoms with Gasteiger partial charge in [-0.25, -0.2) is 0 Å². The molecule has 1 aromatic carbocycles. The lowest BCUT2D eigenvalue weighted by Crippen LogP contribution is -2.11. The SMILES string of the molecule is NC(c1ccc(Br)o1)c1cc(Cl)ccc1Cl. The molecule has 1 aromatic heterocycles. The predicted molar refractivity (Wildman–Crippen MR) is 68.9 cm³/mol. The molecule has 0 aliphatic heterocycles. The number of furan rings is 1. The quantitative estimate of drug-likeness (QED) is 0.891. The van der Waals surface area contributed by atoms with Gasteiger partial charge >= 0.3 is 0 Å². The fourth-order valence-electron chi connectivity index (χ4n) is 1.40. The van der Waals surface area contributed by atoms with Crippen molar-refractivity contribution in [1.82, 2.24) is 0 Å². The number of rotatable bonds is 2. The molecular formula is C11H8BrCl2NO. The Hall–Kier alpha value is -0.480. The molecule has 0 aliphatic carbocycles. The number of benzene rings is 1. The third-order valence-electron chi connectivity index (χ3n) is 2.19. The molecule has 0 saturated heterocycles. The lowest BCUT2D eigenvalue weighted by molar-refractivity contribution is 0.470. The molecule has 0 amide bonds. The monoisotopic (exact) mass is 319 g/mol. The summed E-state index contributed by atoms with van der Waals surface area (Å²) in [6.07, 6.45) is 0. The highest BCUT2D eigenvalue weighted by atomic mass is 79.9. The molecule has 0 spiro atoms. The number of nitrogens with two attached hydrogens (primary N) is 1. The Balaban J connectivity index is 2.40. The highest BCUT2D eigenvalue weighted by Crippen LogP contribution is 2.30. The maximum Gasteiger partial charge on any atom is 0.169 e. The van der Waals surface area contributed by atoms with Crippen LogP contribution in [0.2, 0.25) is 10.0 Å². The van der Waals surface area contributed by atoms with Gasteiger partial charge in [0.25, 0.3) is 0 Å². The second-order valence-electron chi connectivity index (χ2n) is 3.29. The molecule has 1 unspecified atom stereocenters. The Kier molecular flexibility index (Phi) is 3.60. The molecular weight excluding hydrogens is 313 g/mol. The molecule has 1 atom stereocenters. The fourth-order valence-corrected chi connectivity index (χ4v) is 2.14. The average molecular weight is 321 g/mol. The van der Waals surface area contributed by atoms with E-state index in [9.17, 15) is 0 Å². The van der Waals surface area contributed by atoms with Crippen molar-refractivity contribution in [2.45, 2.75) is 6.04 Å². The zero-order valence-corrected chi connectivity index (χ0v) is 11.2. The normalized spacial score (nSPS) is 12.8. The van der Waals surface area contributed by atoms with Gasteiger partial charge in [0, 0.05) is 10.0 Å². The Morgan fingerprint density at radius 3 is 2.56 bits per heavy atom. The molecule has 5 heteroatoms. The smallest absolute Gasteiger partial charge is 0.169 e. The molecule has 2 rings (SSSR count). The molecule has 0 aliphatic rings.